The fraction of sp³-hybridized carbons (Fsp3) is 0.571. The third kappa shape index (κ3) is 6.16. The summed E-state index contributed by atoms with van der Waals surface area (Å²) >= 11 is 0. The molecule has 0 spiro atoms. The fourth-order valence-corrected chi connectivity index (χ4v) is 3.13. The maximum Gasteiger partial charge on any atom is 0.191 e. The molecule has 2 atom stereocenters. The van der Waals surface area contributed by atoms with E-state index in [9.17, 15) is 4.39 Å². The summed E-state index contributed by atoms with van der Waals surface area (Å²) < 4.78 is 27.4. The van der Waals surface area contributed by atoms with Crippen molar-refractivity contribution in [1.82, 2.24) is 25.4 Å². The number of nitrogens with zero attached hydrogens (tertiary/aromatic N) is 4. The van der Waals surface area contributed by atoms with Gasteiger partial charge in [0, 0.05) is 20.2 Å². The van der Waals surface area contributed by atoms with Gasteiger partial charge in [-0.2, -0.15) is 0 Å². The van der Waals surface area contributed by atoms with Gasteiger partial charge in [0.25, 0.3) is 0 Å². The molecule has 0 bridgehead atoms. The number of guanidine groups is 1. The van der Waals surface area contributed by atoms with E-state index in [0.717, 1.165) is 37.5 Å². The molecular weight excluding hydrogens is 387 g/mol. The molecule has 1 saturated heterocycles. The maximum atomic E-state index is 13.9. The van der Waals surface area contributed by atoms with Gasteiger partial charge in [-0.15, -0.1) is 10.2 Å². The topological polar surface area (TPSA) is 85.6 Å². The van der Waals surface area contributed by atoms with Crippen molar-refractivity contribution < 1.29 is 13.9 Å². The largest absolute Gasteiger partial charge is 0.486 e. The number of benzene rings is 1. The van der Waals surface area contributed by atoms with Gasteiger partial charge in [0.2, 0.25) is 0 Å². The third-order valence-corrected chi connectivity index (χ3v) is 5.17. The number of ether oxygens (including phenoxy) is 2. The number of aliphatic imine (C=N–C) groups is 1. The number of aromatic nitrogens is 3. The number of aryl methyl sites for hydroxylation is 1. The second-order valence-electron chi connectivity index (χ2n) is 7.36. The van der Waals surface area contributed by atoms with E-state index in [1.807, 2.05) is 25.5 Å². The van der Waals surface area contributed by atoms with E-state index in [4.69, 9.17) is 9.47 Å². The van der Waals surface area contributed by atoms with Gasteiger partial charge in [0.1, 0.15) is 18.5 Å². The van der Waals surface area contributed by atoms with Crippen LogP contribution in [0.25, 0.3) is 0 Å². The lowest BCUT2D eigenvalue weighted by Gasteiger charge is -2.21. The van der Waals surface area contributed by atoms with E-state index in [2.05, 4.69) is 25.8 Å². The second kappa shape index (κ2) is 10.9. The molecule has 164 valence electrons. The lowest BCUT2D eigenvalue weighted by atomic mass is 10.2. The second-order valence-corrected chi connectivity index (χ2v) is 7.36. The molecule has 2 unspecified atom stereocenters. The number of nitrogens with one attached hydrogen (secondary N) is 2. The van der Waals surface area contributed by atoms with Crippen LogP contribution in [0.4, 0.5) is 4.39 Å². The van der Waals surface area contributed by atoms with Crippen LogP contribution in [0.2, 0.25) is 0 Å². The van der Waals surface area contributed by atoms with Gasteiger partial charge >= 0.3 is 0 Å². The minimum absolute atomic E-state index is 0.186. The molecule has 2 heterocycles. The van der Waals surface area contributed by atoms with Crippen LogP contribution in [-0.4, -0.2) is 52.6 Å². The molecular formula is C21H31FN6O2. The Hall–Kier alpha value is -2.68. The first-order chi connectivity index (χ1) is 14.6. The Labute approximate surface area is 176 Å². The van der Waals surface area contributed by atoms with Crippen molar-refractivity contribution in [3.63, 3.8) is 0 Å². The molecule has 9 heteroatoms. The summed E-state index contributed by atoms with van der Waals surface area (Å²) in [6.07, 6.45) is 2.83. The molecule has 8 nitrogen and oxygen atoms in total. The molecule has 1 fully saturated rings. The highest BCUT2D eigenvalue weighted by Crippen LogP contribution is 2.17. The molecule has 1 aromatic heterocycles. The highest BCUT2D eigenvalue weighted by Gasteiger charge is 2.17. The summed E-state index contributed by atoms with van der Waals surface area (Å²) in [6, 6.07) is 6.44. The molecule has 2 aromatic rings. The Bertz CT molecular complexity index is 835. The van der Waals surface area contributed by atoms with Crippen LogP contribution >= 0.6 is 0 Å². The van der Waals surface area contributed by atoms with Crippen molar-refractivity contribution in [2.75, 3.05) is 19.7 Å². The van der Waals surface area contributed by atoms with Gasteiger partial charge in [-0.1, -0.05) is 19.1 Å². The van der Waals surface area contributed by atoms with E-state index in [1.165, 1.54) is 6.07 Å². The summed E-state index contributed by atoms with van der Waals surface area (Å²) in [4.78, 5) is 4.65. The van der Waals surface area contributed by atoms with Gasteiger partial charge in [-0.25, -0.2) is 9.38 Å². The van der Waals surface area contributed by atoms with E-state index in [0.29, 0.717) is 25.6 Å². The van der Waals surface area contributed by atoms with Crippen LogP contribution in [0.3, 0.4) is 0 Å². The molecule has 30 heavy (non-hydrogen) atoms. The molecule has 0 radical (unpaired) electrons. The molecule has 1 aliphatic heterocycles. The van der Waals surface area contributed by atoms with E-state index in [1.54, 1.807) is 18.2 Å². The zero-order chi connectivity index (χ0) is 21.3. The maximum absolute atomic E-state index is 13.9. The van der Waals surface area contributed by atoms with Crippen LogP contribution in [0.15, 0.2) is 29.3 Å². The van der Waals surface area contributed by atoms with E-state index < -0.39 is 0 Å². The highest BCUT2D eigenvalue weighted by atomic mass is 19.1. The van der Waals surface area contributed by atoms with Gasteiger partial charge < -0.3 is 24.7 Å². The molecule has 0 saturated carbocycles. The van der Waals surface area contributed by atoms with Gasteiger partial charge in [-0.3, -0.25) is 0 Å². The minimum Gasteiger partial charge on any atom is -0.486 e. The molecule has 0 amide bonds. The average Bonchev–Trinajstić information content (AvgIpc) is 3.38. The number of hydrogen-bond acceptors (Lipinski definition) is 5. The third-order valence-electron chi connectivity index (χ3n) is 5.17. The number of para-hydroxylation sites is 1. The van der Waals surface area contributed by atoms with Crippen molar-refractivity contribution >= 4 is 5.96 Å². The Morgan fingerprint density at radius 1 is 1.37 bits per heavy atom. The SMILES string of the molecule is CCC(CNC(=NCc1nnc(C)n1C)NCC1CCCO1)Oc1ccccc1F. The zero-order valence-electron chi connectivity index (χ0n) is 17.9. The Morgan fingerprint density at radius 2 is 2.20 bits per heavy atom. The van der Waals surface area contributed by atoms with Crippen molar-refractivity contribution in [2.45, 2.75) is 51.9 Å². The summed E-state index contributed by atoms with van der Waals surface area (Å²) in [5.74, 6) is 2.15. The van der Waals surface area contributed by atoms with Gasteiger partial charge in [0.05, 0.1) is 12.6 Å². The quantitative estimate of drug-likeness (QED) is 0.480. The standard InChI is InChI=1S/C21H31FN6O2/c1-4-16(30-19-10-6-5-9-18(19)22)12-23-21(24-13-17-8-7-11-29-17)25-14-20-27-26-15(2)28(20)3/h5-6,9-10,16-17H,4,7-8,11-14H2,1-3H3,(H2,23,24,25). The van der Waals surface area contributed by atoms with Crippen molar-refractivity contribution in [3.05, 3.63) is 41.7 Å². The molecule has 3 rings (SSSR count). The number of hydrogen-bond donors (Lipinski definition) is 2. The highest BCUT2D eigenvalue weighted by molar-refractivity contribution is 5.79. The first kappa shape index (κ1) is 22.0. The van der Waals surface area contributed by atoms with Crippen LogP contribution in [-0.2, 0) is 18.3 Å². The van der Waals surface area contributed by atoms with E-state index in [-0.39, 0.29) is 23.8 Å². The Kier molecular flexibility index (Phi) is 8.01. The monoisotopic (exact) mass is 418 g/mol. The average molecular weight is 419 g/mol. The Balaban J connectivity index is 1.61. The van der Waals surface area contributed by atoms with Crippen molar-refractivity contribution in [1.29, 1.82) is 0 Å². The summed E-state index contributed by atoms with van der Waals surface area (Å²) in [5.41, 5.74) is 0. The van der Waals surface area contributed by atoms with Crippen LogP contribution in [0, 0.1) is 12.7 Å². The minimum atomic E-state index is -0.362. The Morgan fingerprint density at radius 3 is 2.87 bits per heavy atom. The predicted octanol–water partition coefficient (Wildman–Crippen LogP) is 2.33. The smallest absolute Gasteiger partial charge is 0.191 e. The molecule has 1 aliphatic rings. The predicted molar refractivity (Wildman–Crippen MR) is 113 cm³/mol. The fourth-order valence-electron chi connectivity index (χ4n) is 3.13. The first-order valence-corrected chi connectivity index (χ1v) is 10.5. The summed E-state index contributed by atoms with van der Waals surface area (Å²) in [6.45, 7) is 6.27. The number of rotatable bonds is 9. The normalized spacial score (nSPS) is 17.7. The lowest BCUT2D eigenvalue weighted by molar-refractivity contribution is 0.113. The zero-order valence-corrected chi connectivity index (χ0v) is 17.9. The first-order valence-electron chi connectivity index (χ1n) is 10.5. The van der Waals surface area contributed by atoms with Gasteiger partial charge in [0.15, 0.2) is 23.4 Å². The van der Waals surface area contributed by atoms with Gasteiger partial charge in [-0.05, 0) is 38.3 Å². The number of halogens is 1. The van der Waals surface area contributed by atoms with Crippen LogP contribution in [0.5, 0.6) is 5.75 Å². The summed E-state index contributed by atoms with van der Waals surface area (Å²) in [5, 5.41) is 14.9. The summed E-state index contributed by atoms with van der Waals surface area (Å²) in [7, 11) is 1.92. The van der Waals surface area contributed by atoms with Crippen molar-refractivity contribution in [2.24, 2.45) is 12.0 Å². The molecule has 1 aromatic carbocycles. The molecule has 0 aliphatic carbocycles. The van der Waals surface area contributed by atoms with E-state index >= 15 is 0 Å². The lowest BCUT2D eigenvalue weighted by Crippen LogP contribution is -2.44. The molecule has 2 N–H and O–H groups in total. The van der Waals surface area contributed by atoms with Crippen molar-refractivity contribution in [3.8, 4) is 5.75 Å². The van der Waals surface area contributed by atoms with Crippen LogP contribution < -0.4 is 15.4 Å². The van der Waals surface area contributed by atoms with Crippen LogP contribution in [0.1, 0.15) is 37.8 Å².